The summed E-state index contributed by atoms with van der Waals surface area (Å²) in [7, 11) is 0. The molecule has 1 heterocycles. The predicted octanol–water partition coefficient (Wildman–Crippen LogP) is 6.82. The Bertz CT molecular complexity index is 825. The second-order valence-corrected chi connectivity index (χ2v) is 9.94. The van der Waals surface area contributed by atoms with Crippen molar-refractivity contribution < 1.29 is 19.5 Å². The maximum absolute atomic E-state index is 12.4. The van der Waals surface area contributed by atoms with Crippen LogP contribution in [0.1, 0.15) is 116 Å². The standard InChI is InChI=1S/C29H45N3O4/c1-2-3-4-5-6-7-8-9-10-11-12-13-14-16-19-24(29(35)36)22-27(33)30-26-23-28(34)32(31-26)25-20-17-15-18-21-25/h15,17-18,20-21,24H,2-14,16,19,22-23H2,1H3,(H,35,36)(H,30,31,33). The largest absolute Gasteiger partial charge is 0.481 e. The Hall–Kier alpha value is -2.70. The van der Waals surface area contributed by atoms with Gasteiger partial charge in [0.15, 0.2) is 0 Å². The number of benzene rings is 1. The van der Waals surface area contributed by atoms with Gasteiger partial charge in [-0.3, -0.25) is 14.4 Å². The molecule has 1 aromatic rings. The molecule has 2 amide bonds. The number of anilines is 1. The number of amidine groups is 1. The van der Waals surface area contributed by atoms with Crippen molar-refractivity contribution in [2.24, 2.45) is 11.0 Å². The van der Waals surface area contributed by atoms with Crippen molar-refractivity contribution in [3.8, 4) is 0 Å². The molecule has 1 aliphatic rings. The van der Waals surface area contributed by atoms with Gasteiger partial charge in [0.25, 0.3) is 5.91 Å². The number of carbonyl (C=O) groups is 3. The molecule has 0 radical (unpaired) electrons. The highest BCUT2D eigenvalue weighted by Crippen LogP contribution is 2.20. The van der Waals surface area contributed by atoms with Crippen LogP contribution in [0.2, 0.25) is 0 Å². The highest BCUT2D eigenvalue weighted by molar-refractivity contribution is 6.15. The molecule has 7 heteroatoms. The van der Waals surface area contributed by atoms with Gasteiger partial charge in [0, 0.05) is 6.42 Å². The van der Waals surface area contributed by atoms with Gasteiger partial charge < -0.3 is 10.4 Å². The molecule has 0 saturated carbocycles. The minimum absolute atomic E-state index is 0.00265. The summed E-state index contributed by atoms with van der Waals surface area (Å²) in [6.07, 6.45) is 17.9. The third-order valence-electron chi connectivity index (χ3n) is 6.75. The predicted molar refractivity (Wildman–Crippen MR) is 145 cm³/mol. The summed E-state index contributed by atoms with van der Waals surface area (Å²) in [5.74, 6) is -2.04. The van der Waals surface area contributed by atoms with Crippen molar-refractivity contribution in [1.29, 1.82) is 0 Å². The third-order valence-corrected chi connectivity index (χ3v) is 6.75. The number of para-hydroxylation sites is 1. The number of rotatable bonds is 19. The number of carboxylic acid groups (broad SMARTS) is 1. The molecule has 0 aromatic heterocycles. The Morgan fingerprint density at radius 1 is 0.889 bits per heavy atom. The van der Waals surface area contributed by atoms with Crippen LogP contribution in [-0.2, 0) is 14.4 Å². The van der Waals surface area contributed by atoms with Gasteiger partial charge in [0.05, 0.1) is 18.0 Å². The zero-order chi connectivity index (χ0) is 26.0. The monoisotopic (exact) mass is 499 g/mol. The second-order valence-electron chi connectivity index (χ2n) is 9.94. The lowest BCUT2D eigenvalue weighted by atomic mass is 9.96. The molecule has 1 aliphatic heterocycles. The fraction of sp³-hybridized carbons (Fsp3) is 0.655. The van der Waals surface area contributed by atoms with Crippen molar-refractivity contribution in [2.75, 3.05) is 5.01 Å². The van der Waals surface area contributed by atoms with E-state index < -0.39 is 17.8 Å². The van der Waals surface area contributed by atoms with Crippen LogP contribution in [0, 0.1) is 5.92 Å². The maximum Gasteiger partial charge on any atom is 0.307 e. The first-order valence-electron chi connectivity index (χ1n) is 14.0. The minimum Gasteiger partial charge on any atom is -0.481 e. The van der Waals surface area contributed by atoms with Crippen molar-refractivity contribution in [3.63, 3.8) is 0 Å². The number of hydrogen-bond acceptors (Lipinski definition) is 4. The van der Waals surface area contributed by atoms with Crippen molar-refractivity contribution in [2.45, 2.75) is 116 Å². The van der Waals surface area contributed by atoms with Crippen LogP contribution in [0.3, 0.4) is 0 Å². The first-order valence-corrected chi connectivity index (χ1v) is 14.0. The Morgan fingerprint density at radius 3 is 1.94 bits per heavy atom. The highest BCUT2D eigenvalue weighted by Gasteiger charge is 2.28. The summed E-state index contributed by atoms with van der Waals surface area (Å²) in [4.78, 5) is 36.3. The third kappa shape index (κ3) is 11.8. The minimum atomic E-state index is -0.949. The van der Waals surface area contributed by atoms with Crippen molar-refractivity contribution >= 4 is 29.3 Å². The first-order chi connectivity index (χ1) is 17.5. The lowest BCUT2D eigenvalue weighted by molar-refractivity contribution is -0.144. The number of aliphatic carboxylic acids is 1. The summed E-state index contributed by atoms with van der Waals surface area (Å²) in [6.45, 7) is 2.25. The van der Waals surface area contributed by atoms with Gasteiger partial charge in [-0.1, -0.05) is 115 Å². The number of unbranched alkanes of at least 4 members (excludes halogenated alkanes) is 13. The smallest absolute Gasteiger partial charge is 0.307 e. The molecule has 0 fully saturated rings. The van der Waals surface area contributed by atoms with Gasteiger partial charge in [0.1, 0.15) is 5.84 Å². The molecule has 0 bridgehead atoms. The van der Waals surface area contributed by atoms with Crippen LogP contribution in [0.15, 0.2) is 35.4 Å². The highest BCUT2D eigenvalue weighted by atomic mass is 16.4. The zero-order valence-electron chi connectivity index (χ0n) is 22.1. The van der Waals surface area contributed by atoms with Gasteiger partial charge in [0.2, 0.25) is 5.91 Å². The lowest BCUT2D eigenvalue weighted by Crippen LogP contribution is -2.32. The molecule has 0 spiro atoms. The number of nitrogens with zero attached hydrogens (tertiary/aromatic N) is 2. The van der Waals surface area contributed by atoms with E-state index in [0.717, 1.165) is 19.3 Å². The second kappa shape index (κ2) is 17.7. The molecule has 200 valence electrons. The first kappa shape index (κ1) is 29.5. The number of nitrogens with one attached hydrogen (secondary N) is 1. The van der Waals surface area contributed by atoms with Gasteiger partial charge in [-0.05, 0) is 18.6 Å². The average molecular weight is 500 g/mol. The van der Waals surface area contributed by atoms with E-state index in [-0.39, 0.29) is 24.6 Å². The van der Waals surface area contributed by atoms with Gasteiger partial charge in [-0.15, -0.1) is 0 Å². The fourth-order valence-corrected chi connectivity index (χ4v) is 4.60. The van der Waals surface area contributed by atoms with Gasteiger partial charge >= 0.3 is 5.97 Å². The Morgan fingerprint density at radius 2 is 1.42 bits per heavy atom. The summed E-state index contributed by atoms with van der Waals surface area (Å²) in [5, 5.41) is 17.6. The van der Waals surface area contributed by atoms with E-state index in [1.54, 1.807) is 12.1 Å². The van der Waals surface area contributed by atoms with Gasteiger partial charge in [-0.25, -0.2) is 0 Å². The number of amides is 2. The molecule has 1 aromatic carbocycles. The summed E-state index contributed by atoms with van der Waals surface area (Å²) in [6, 6.07) is 9.00. The van der Waals surface area contributed by atoms with Crippen molar-refractivity contribution in [1.82, 2.24) is 5.32 Å². The number of hydrazone groups is 1. The molecule has 0 aliphatic carbocycles. The van der Waals surface area contributed by atoms with E-state index >= 15 is 0 Å². The number of hydrogen-bond donors (Lipinski definition) is 2. The SMILES string of the molecule is CCCCCCCCCCCCCCCCC(CC(=O)NC1=NN(c2ccccc2)C(=O)C1)C(=O)O. The van der Waals surface area contributed by atoms with E-state index in [1.165, 1.54) is 75.6 Å². The molecule has 1 unspecified atom stereocenters. The van der Waals surface area contributed by atoms with E-state index in [1.807, 2.05) is 18.2 Å². The van der Waals surface area contributed by atoms with Crippen LogP contribution >= 0.6 is 0 Å². The lowest BCUT2D eigenvalue weighted by Gasteiger charge is -2.12. The van der Waals surface area contributed by atoms with Crippen LogP contribution < -0.4 is 10.3 Å². The van der Waals surface area contributed by atoms with Gasteiger partial charge in [-0.2, -0.15) is 10.1 Å². The number of carboxylic acids is 1. The molecular weight excluding hydrogens is 454 g/mol. The molecule has 1 atom stereocenters. The zero-order valence-corrected chi connectivity index (χ0v) is 22.1. The summed E-state index contributed by atoms with van der Waals surface area (Å²) in [5.41, 5.74) is 0.632. The van der Waals surface area contributed by atoms with Crippen LogP contribution in [-0.4, -0.2) is 28.7 Å². The van der Waals surface area contributed by atoms with Crippen LogP contribution in [0.4, 0.5) is 5.69 Å². The van der Waals surface area contributed by atoms with Crippen LogP contribution in [0.5, 0.6) is 0 Å². The Kier molecular flexibility index (Phi) is 14.5. The Labute approximate surface area is 216 Å². The molecule has 7 nitrogen and oxygen atoms in total. The fourth-order valence-electron chi connectivity index (χ4n) is 4.60. The number of carbonyl (C=O) groups excluding carboxylic acids is 2. The average Bonchev–Trinajstić information content (AvgIpc) is 3.23. The summed E-state index contributed by atoms with van der Waals surface area (Å²) >= 11 is 0. The Balaban J connectivity index is 1.55. The molecular formula is C29H45N3O4. The van der Waals surface area contributed by atoms with Crippen molar-refractivity contribution in [3.05, 3.63) is 30.3 Å². The van der Waals surface area contributed by atoms with E-state index in [2.05, 4.69) is 17.3 Å². The topological polar surface area (TPSA) is 99.1 Å². The summed E-state index contributed by atoms with van der Waals surface area (Å²) < 4.78 is 0. The quantitative estimate of drug-likeness (QED) is 0.204. The maximum atomic E-state index is 12.4. The van der Waals surface area contributed by atoms with Crippen LogP contribution in [0.25, 0.3) is 0 Å². The molecule has 2 N–H and O–H groups in total. The van der Waals surface area contributed by atoms with E-state index in [9.17, 15) is 19.5 Å². The normalized spacial score (nSPS) is 14.1. The van der Waals surface area contributed by atoms with E-state index in [4.69, 9.17) is 0 Å². The van der Waals surface area contributed by atoms with E-state index in [0.29, 0.717) is 12.1 Å². The molecule has 0 saturated heterocycles. The molecule has 2 rings (SSSR count). The molecule has 36 heavy (non-hydrogen) atoms.